The third-order valence-corrected chi connectivity index (χ3v) is 4.81. The van der Waals surface area contributed by atoms with Crippen molar-refractivity contribution in [2.45, 2.75) is 6.54 Å². The number of para-hydroxylation sites is 1. The monoisotopic (exact) mass is 377 g/mol. The third kappa shape index (κ3) is 3.78. The minimum Gasteiger partial charge on any atom is -0.342 e. The van der Waals surface area contributed by atoms with Crippen molar-refractivity contribution >= 4 is 22.6 Å². The first-order valence-corrected chi connectivity index (χ1v) is 9.12. The zero-order valence-electron chi connectivity index (χ0n) is 15.5. The molecule has 0 fully saturated rings. The third-order valence-electron chi connectivity index (χ3n) is 4.81. The topological polar surface area (TPSA) is 52.5 Å². The first-order chi connectivity index (χ1) is 14.2. The van der Waals surface area contributed by atoms with Gasteiger partial charge in [-0.25, -0.2) is 4.39 Å². The number of rotatable bonds is 4. The number of nitriles is 2. The normalized spacial score (nSPS) is 11.2. The maximum absolute atomic E-state index is 13.2. The van der Waals surface area contributed by atoms with E-state index in [0.29, 0.717) is 23.2 Å². The Morgan fingerprint density at radius 3 is 2.52 bits per heavy atom. The molecule has 0 radical (unpaired) electrons. The average molecular weight is 377 g/mol. The lowest BCUT2D eigenvalue weighted by Crippen LogP contribution is -1.97. The Balaban J connectivity index is 1.79. The summed E-state index contributed by atoms with van der Waals surface area (Å²) in [5.41, 5.74) is 4.66. The fraction of sp³-hybridized carbons (Fsp3) is 0.0400. The van der Waals surface area contributed by atoms with E-state index in [1.54, 1.807) is 30.3 Å². The van der Waals surface area contributed by atoms with E-state index in [0.717, 1.165) is 22.0 Å². The molecule has 3 nitrogen and oxygen atoms in total. The van der Waals surface area contributed by atoms with Crippen LogP contribution < -0.4 is 0 Å². The van der Waals surface area contributed by atoms with Crippen LogP contribution in [-0.4, -0.2) is 4.57 Å². The van der Waals surface area contributed by atoms with Crippen LogP contribution in [0.15, 0.2) is 79.0 Å². The zero-order chi connectivity index (χ0) is 20.2. The fourth-order valence-corrected chi connectivity index (χ4v) is 3.40. The van der Waals surface area contributed by atoms with Gasteiger partial charge in [0.05, 0.1) is 23.3 Å². The Bertz CT molecular complexity index is 1300. The summed E-state index contributed by atoms with van der Waals surface area (Å²) in [4.78, 5) is 0. The molecule has 0 saturated carbocycles. The number of allylic oxidation sites excluding steroid dienone is 1. The molecular weight excluding hydrogens is 361 g/mol. The van der Waals surface area contributed by atoms with Gasteiger partial charge in [-0.1, -0.05) is 42.5 Å². The van der Waals surface area contributed by atoms with E-state index in [-0.39, 0.29) is 5.82 Å². The molecule has 0 aliphatic rings. The van der Waals surface area contributed by atoms with Crippen LogP contribution in [0, 0.1) is 28.5 Å². The molecule has 0 aliphatic carbocycles. The lowest BCUT2D eigenvalue weighted by molar-refractivity contribution is 0.626. The van der Waals surface area contributed by atoms with Crippen molar-refractivity contribution in [1.82, 2.24) is 4.57 Å². The summed E-state index contributed by atoms with van der Waals surface area (Å²) in [6, 6.07) is 25.8. The Morgan fingerprint density at radius 1 is 0.966 bits per heavy atom. The molecule has 1 heterocycles. The van der Waals surface area contributed by atoms with E-state index in [2.05, 4.69) is 16.7 Å². The highest BCUT2D eigenvalue weighted by atomic mass is 19.1. The minimum atomic E-state index is -0.256. The molecule has 1 aromatic heterocycles. The number of aromatic nitrogens is 1. The molecule has 0 amide bonds. The largest absolute Gasteiger partial charge is 0.342 e. The van der Waals surface area contributed by atoms with E-state index in [1.165, 1.54) is 12.1 Å². The smallest absolute Gasteiger partial charge is 0.123 e. The standard InChI is InChI=1S/C25H16FN3/c26-23-10-8-18(9-11-23)16-29-17-22(24-6-1-2-7-25(24)29)13-21(15-28)20-5-3-4-19(12-20)14-27/h1-13,17H,16H2. The molecule has 0 aliphatic heterocycles. The van der Waals surface area contributed by atoms with E-state index in [9.17, 15) is 9.65 Å². The van der Waals surface area contributed by atoms with Crippen molar-refractivity contribution in [3.63, 3.8) is 0 Å². The Labute approximate surface area is 168 Å². The second kappa shape index (κ2) is 7.84. The molecule has 0 unspecified atom stereocenters. The first kappa shape index (κ1) is 18.2. The van der Waals surface area contributed by atoms with Crippen molar-refractivity contribution in [2.75, 3.05) is 0 Å². The number of hydrogen-bond donors (Lipinski definition) is 0. The molecule has 138 valence electrons. The van der Waals surface area contributed by atoms with Gasteiger partial charge in [0.2, 0.25) is 0 Å². The lowest BCUT2D eigenvalue weighted by atomic mass is 10.0. The summed E-state index contributed by atoms with van der Waals surface area (Å²) in [5.74, 6) is -0.256. The first-order valence-electron chi connectivity index (χ1n) is 9.12. The molecule has 4 aromatic rings. The van der Waals surface area contributed by atoms with Gasteiger partial charge in [0.15, 0.2) is 0 Å². The SMILES string of the molecule is N#CC(=Cc1cn(Cc2ccc(F)cc2)c2ccccc12)c1cccc(C#N)c1. The van der Waals surface area contributed by atoms with Gasteiger partial charge in [0.25, 0.3) is 0 Å². The predicted molar refractivity (Wildman–Crippen MR) is 112 cm³/mol. The summed E-state index contributed by atoms with van der Waals surface area (Å²) in [7, 11) is 0. The minimum absolute atomic E-state index is 0.256. The van der Waals surface area contributed by atoms with E-state index in [1.807, 2.05) is 42.6 Å². The van der Waals surface area contributed by atoms with Crippen molar-refractivity contribution in [2.24, 2.45) is 0 Å². The molecule has 0 N–H and O–H groups in total. The van der Waals surface area contributed by atoms with Crippen molar-refractivity contribution in [3.05, 3.63) is 107 Å². The van der Waals surface area contributed by atoms with Gasteiger partial charge in [0.1, 0.15) is 5.82 Å². The molecule has 29 heavy (non-hydrogen) atoms. The van der Waals surface area contributed by atoms with Gasteiger partial charge in [-0.3, -0.25) is 0 Å². The van der Waals surface area contributed by atoms with Crippen molar-refractivity contribution in [3.8, 4) is 12.1 Å². The molecular formula is C25H16FN3. The number of hydrogen-bond acceptors (Lipinski definition) is 2. The Hall–Kier alpha value is -4.15. The van der Waals surface area contributed by atoms with Crippen LogP contribution in [0.25, 0.3) is 22.6 Å². The van der Waals surface area contributed by atoms with Gasteiger partial charge in [-0.05, 0) is 47.5 Å². The van der Waals surface area contributed by atoms with E-state index >= 15 is 0 Å². The van der Waals surface area contributed by atoms with Crippen LogP contribution in [0.5, 0.6) is 0 Å². The highest BCUT2D eigenvalue weighted by Gasteiger charge is 2.10. The molecule has 0 bridgehead atoms. The van der Waals surface area contributed by atoms with Gasteiger partial charge in [-0.15, -0.1) is 0 Å². The van der Waals surface area contributed by atoms with Crippen LogP contribution in [0.2, 0.25) is 0 Å². The summed E-state index contributed by atoms with van der Waals surface area (Å²) < 4.78 is 15.3. The maximum Gasteiger partial charge on any atom is 0.123 e. The van der Waals surface area contributed by atoms with Gasteiger partial charge < -0.3 is 4.57 Å². The molecule has 0 saturated heterocycles. The van der Waals surface area contributed by atoms with Crippen molar-refractivity contribution in [1.29, 1.82) is 10.5 Å². The van der Waals surface area contributed by atoms with Crippen LogP contribution >= 0.6 is 0 Å². The van der Waals surface area contributed by atoms with Gasteiger partial charge in [0, 0.05) is 29.2 Å². The van der Waals surface area contributed by atoms with E-state index < -0.39 is 0 Å². The lowest BCUT2D eigenvalue weighted by Gasteiger charge is -2.05. The van der Waals surface area contributed by atoms with Crippen LogP contribution in [0.3, 0.4) is 0 Å². The van der Waals surface area contributed by atoms with Gasteiger partial charge >= 0.3 is 0 Å². The summed E-state index contributed by atoms with van der Waals surface area (Å²) in [6.07, 6.45) is 3.85. The second-order valence-electron chi connectivity index (χ2n) is 6.72. The Kier molecular flexibility index (Phi) is 4.93. The number of nitrogens with zero attached hydrogens (tertiary/aromatic N) is 3. The van der Waals surface area contributed by atoms with Crippen LogP contribution in [-0.2, 0) is 6.54 Å². The van der Waals surface area contributed by atoms with Gasteiger partial charge in [-0.2, -0.15) is 10.5 Å². The number of halogens is 1. The zero-order valence-corrected chi connectivity index (χ0v) is 15.5. The number of fused-ring (bicyclic) bond motifs is 1. The quantitative estimate of drug-likeness (QED) is 0.424. The predicted octanol–water partition coefficient (Wildman–Crippen LogP) is 5.76. The van der Waals surface area contributed by atoms with Crippen molar-refractivity contribution < 1.29 is 4.39 Å². The molecule has 4 rings (SSSR count). The second-order valence-corrected chi connectivity index (χ2v) is 6.72. The molecule has 0 atom stereocenters. The molecule has 0 spiro atoms. The highest BCUT2D eigenvalue weighted by Crippen LogP contribution is 2.27. The van der Waals surface area contributed by atoms with E-state index in [4.69, 9.17) is 5.26 Å². The molecule has 3 aromatic carbocycles. The van der Waals surface area contributed by atoms with Crippen LogP contribution in [0.1, 0.15) is 22.3 Å². The molecule has 4 heteroatoms. The van der Waals surface area contributed by atoms with Crippen LogP contribution in [0.4, 0.5) is 4.39 Å². The fourth-order valence-electron chi connectivity index (χ4n) is 3.40. The maximum atomic E-state index is 13.2. The number of benzene rings is 3. The summed E-state index contributed by atoms with van der Waals surface area (Å²) in [6.45, 7) is 0.598. The Morgan fingerprint density at radius 2 is 1.76 bits per heavy atom. The summed E-state index contributed by atoms with van der Waals surface area (Å²) in [5, 5.41) is 19.9. The summed E-state index contributed by atoms with van der Waals surface area (Å²) >= 11 is 0. The average Bonchev–Trinajstić information content (AvgIpc) is 3.11. The highest BCUT2D eigenvalue weighted by molar-refractivity contribution is 5.98.